The van der Waals surface area contributed by atoms with Crippen LogP contribution in [0.3, 0.4) is 0 Å². The van der Waals surface area contributed by atoms with Gasteiger partial charge >= 0.3 is 0 Å². The summed E-state index contributed by atoms with van der Waals surface area (Å²) in [6.07, 6.45) is 6.62. The number of sulfone groups is 1. The SMILES string of the molecule is CCS(=O)(=O)CCCC(NN)C1CCCC(C)C1. The number of hydrazine groups is 1. The van der Waals surface area contributed by atoms with Gasteiger partial charge in [-0.05, 0) is 37.5 Å². The summed E-state index contributed by atoms with van der Waals surface area (Å²) in [4.78, 5) is 0. The van der Waals surface area contributed by atoms with Gasteiger partial charge in [0.25, 0.3) is 0 Å². The van der Waals surface area contributed by atoms with Crippen LogP contribution in [0.5, 0.6) is 0 Å². The van der Waals surface area contributed by atoms with Crippen molar-refractivity contribution in [1.29, 1.82) is 0 Å². The molecule has 1 aliphatic carbocycles. The summed E-state index contributed by atoms with van der Waals surface area (Å²) >= 11 is 0. The molecule has 0 heterocycles. The Bertz CT molecular complexity index is 330. The zero-order valence-corrected chi connectivity index (χ0v) is 12.5. The van der Waals surface area contributed by atoms with Crippen molar-refractivity contribution in [3.8, 4) is 0 Å². The summed E-state index contributed by atoms with van der Waals surface area (Å²) in [6, 6.07) is 0.278. The van der Waals surface area contributed by atoms with Crippen molar-refractivity contribution in [3.05, 3.63) is 0 Å². The fourth-order valence-corrected chi connectivity index (χ4v) is 3.86. The van der Waals surface area contributed by atoms with Crippen molar-refractivity contribution in [2.45, 2.75) is 58.4 Å². The van der Waals surface area contributed by atoms with Crippen LogP contribution in [0.15, 0.2) is 0 Å². The van der Waals surface area contributed by atoms with Gasteiger partial charge in [-0.15, -0.1) is 0 Å². The standard InChI is InChI=1S/C13H28N2O2S/c1-3-18(16,17)9-5-8-13(15-14)12-7-4-6-11(2)10-12/h11-13,15H,3-10,14H2,1-2H3. The Morgan fingerprint density at radius 3 is 2.67 bits per heavy atom. The molecule has 0 radical (unpaired) electrons. The lowest BCUT2D eigenvalue weighted by Gasteiger charge is -2.33. The maximum Gasteiger partial charge on any atom is 0.150 e. The number of hydrogen-bond acceptors (Lipinski definition) is 4. The third-order valence-corrected chi connectivity index (χ3v) is 5.96. The number of hydrogen-bond donors (Lipinski definition) is 2. The first kappa shape index (κ1) is 15.9. The minimum Gasteiger partial charge on any atom is -0.271 e. The molecule has 1 rings (SSSR count). The van der Waals surface area contributed by atoms with E-state index in [1.165, 1.54) is 25.7 Å². The molecule has 18 heavy (non-hydrogen) atoms. The average molecular weight is 276 g/mol. The molecule has 0 aromatic rings. The molecule has 1 saturated carbocycles. The minimum absolute atomic E-state index is 0.244. The van der Waals surface area contributed by atoms with Gasteiger partial charge in [-0.1, -0.05) is 26.7 Å². The number of rotatable bonds is 7. The number of nitrogens with two attached hydrogens (primary N) is 1. The highest BCUT2D eigenvalue weighted by Crippen LogP contribution is 2.31. The fourth-order valence-electron chi connectivity index (χ4n) is 2.97. The molecule has 0 aliphatic heterocycles. The first-order valence-corrected chi connectivity index (χ1v) is 8.97. The predicted octanol–water partition coefficient (Wildman–Crippen LogP) is 1.86. The van der Waals surface area contributed by atoms with E-state index in [1.54, 1.807) is 6.92 Å². The Labute approximate surface area is 112 Å². The van der Waals surface area contributed by atoms with Crippen LogP contribution in [0.1, 0.15) is 52.4 Å². The van der Waals surface area contributed by atoms with E-state index in [0.717, 1.165) is 18.8 Å². The summed E-state index contributed by atoms with van der Waals surface area (Å²) in [6.45, 7) is 4.00. The van der Waals surface area contributed by atoms with Crippen LogP contribution < -0.4 is 11.3 Å². The van der Waals surface area contributed by atoms with Gasteiger partial charge in [0.05, 0.1) is 5.75 Å². The van der Waals surface area contributed by atoms with Crippen LogP contribution in [-0.2, 0) is 9.84 Å². The van der Waals surface area contributed by atoms with E-state index in [2.05, 4.69) is 12.3 Å². The van der Waals surface area contributed by atoms with Gasteiger partial charge in [-0.25, -0.2) is 8.42 Å². The van der Waals surface area contributed by atoms with Crippen molar-refractivity contribution in [3.63, 3.8) is 0 Å². The highest BCUT2D eigenvalue weighted by molar-refractivity contribution is 7.91. The summed E-state index contributed by atoms with van der Waals surface area (Å²) < 4.78 is 22.9. The quantitative estimate of drug-likeness (QED) is 0.550. The van der Waals surface area contributed by atoms with Gasteiger partial charge in [0.1, 0.15) is 9.84 Å². The van der Waals surface area contributed by atoms with Crippen LogP contribution in [-0.4, -0.2) is 26.0 Å². The Morgan fingerprint density at radius 1 is 1.39 bits per heavy atom. The summed E-state index contributed by atoms with van der Waals surface area (Å²) in [5.41, 5.74) is 2.90. The van der Waals surface area contributed by atoms with E-state index in [1.807, 2.05) is 0 Å². The average Bonchev–Trinajstić information content (AvgIpc) is 2.34. The third kappa shape index (κ3) is 5.24. The van der Waals surface area contributed by atoms with Crippen molar-refractivity contribution < 1.29 is 8.42 Å². The van der Waals surface area contributed by atoms with E-state index < -0.39 is 9.84 Å². The molecule has 5 heteroatoms. The highest BCUT2D eigenvalue weighted by atomic mass is 32.2. The lowest BCUT2D eigenvalue weighted by molar-refractivity contribution is 0.215. The lowest BCUT2D eigenvalue weighted by Crippen LogP contribution is -2.42. The predicted molar refractivity (Wildman–Crippen MR) is 75.8 cm³/mol. The van der Waals surface area contributed by atoms with E-state index in [4.69, 9.17) is 5.84 Å². The summed E-state index contributed by atoms with van der Waals surface area (Å²) in [5, 5.41) is 0. The van der Waals surface area contributed by atoms with Gasteiger partial charge in [-0.2, -0.15) is 0 Å². The minimum atomic E-state index is -2.83. The Kier molecular flexibility index (Phi) is 6.60. The Morgan fingerprint density at radius 2 is 2.11 bits per heavy atom. The smallest absolute Gasteiger partial charge is 0.150 e. The summed E-state index contributed by atoms with van der Waals surface area (Å²) in [5.74, 6) is 7.56. The van der Waals surface area contributed by atoms with Crippen molar-refractivity contribution in [2.24, 2.45) is 17.7 Å². The molecule has 3 N–H and O–H groups in total. The van der Waals surface area contributed by atoms with Crippen molar-refractivity contribution >= 4 is 9.84 Å². The van der Waals surface area contributed by atoms with Gasteiger partial charge in [0, 0.05) is 11.8 Å². The van der Waals surface area contributed by atoms with Gasteiger partial charge in [0.2, 0.25) is 0 Å². The molecule has 0 spiro atoms. The molecule has 1 fully saturated rings. The molecule has 108 valence electrons. The zero-order chi connectivity index (χ0) is 13.6. The molecule has 0 aromatic carbocycles. The van der Waals surface area contributed by atoms with E-state index in [0.29, 0.717) is 11.7 Å². The molecular formula is C13H28N2O2S. The van der Waals surface area contributed by atoms with Gasteiger partial charge in [0.15, 0.2) is 0 Å². The molecule has 3 unspecified atom stereocenters. The summed E-state index contributed by atoms with van der Waals surface area (Å²) in [7, 11) is -2.83. The van der Waals surface area contributed by atoms with Gasteiger partial charge in [-0.3, -0.25) is 11.3 Å². The van der Waals surface area contributed by atoms with Crippen molar-refractivity contribution in [2.75, 3.05) is 11.5 Å². The largest absolute Gasteiger partial charge is 0.271 e. The molecule has 0 amide bonds. The second kappa shape index (κ2) is 7.46. The molecule has 4 nitrogen and oxygen atoms in total. The maximum atomic E-state index is 11.4. The normalized spacial score (nSPS) is 27.1. The van der Waals surface area contributed by atoms with Crippen LogP contribution in [0.2, 0.25) is 0 Å². The maximum absolute atomic E-state index is 11.4. The van der Waals surface area contributed by atoms with Crippen LogP contribution in [0.4, 0.5) is 0 Å². The lowest BCUT2D eigenvalue weighted by atomic mass is 9.78. The number of nitrogens with one attached hydrogen (secondary N) is 1. The zero-order valence-electron chi connectivity index (χ0n) is 11.7. The first-order valence-electron chi connectivity index (χ1n) is 7.15. The topological polar surface area (TPSA) is 72.2 Å². The van der Waals surface area contributed by atoms with Crippen molar-refractivity contribution in [1.82, 2.24) is 5.43 Å². The second-order valence-electron chi connectivity index (χ2n) is 5.68. The Hall–Kier alpha value is -0.130. The van der Waals surface area contributed by atoms with E-state index >= 15 is 0 Å². The molecule has 3 atom stereocenters. The van der Waals surface area contributed by atoms with E-state index in [-0.39, 0.29) is 11.8 Å². The van der Waals surface area contributed by atoms with Gasteiger partial charge < -0.3 is 0 Å². The monoisotopic (exact) mass is 276 g/mol. The fraction of sp³-hybridized carbons (Fsp3) is 1.00. The molecule has 1 aliphatic rings. The molecule has 0 saturated heterocycles. The van der Waals surface area contributed by atoms with Crippen LogP contribution in [0, 0.1) is 11.8 Å². The van der Waals surface area contributed by atoms with Crippen LogP contribution >= 0.6 is 0 Å². The first-order chi connectivity index (χ1) is 8.48. The second-order valence-corrected chi connectivity index (χ2v) is 8.16. The highest BCUT2D eigenvalue weighted by Gasteiger charge is 2.26. The third-order valence-electron chi connectivity index (χ3n) is 4.17. The van der Waals surface area contributed by atoms with E-state index in [9.17, 15) is 8.42 Å². The molecular weight excluding hydrogens is 248 g/mol. The Balaban J connectivity index is 2.37. The van der Waals surface area contributed by atoms with Crippen LogP contribution in [0.25, 0.3) is 0 Å². The molecule has 0 bridgehead atoms. The molecule has 0 aromatic heterocycles.